The van der Waals surface area contributed by atoms with Crippen molar-refractivity contribution in [1.82, 2.24) is 0 Å². The van der Waals surface area contributed by atoms with E-state index < -0.39 is 0 Å². The van der Waals surface area contributed by atoms with E-state index in [0.29, 0.717) is 0 Å². The number of aliphatic imine (C=N–C) groups is 1. The number of nitrogens with zero attached hydrogens (tertiary/aromatic N) is 1. The molecule has 0 aromatic heterocycles. The summed E-state index contributed by atoms with van der Waals surface area (Å²) in [4.78, 5) is 4.22. The first kappa shape index (κ1) is 5.28. The molecule has 0 amide bonds. The predicted octanol–water partition coefficient (Wildman–Crippen LogP) is -1.63. The van der Waals surface area contributed by atoms with Crippen LogP contribution in [0.4, 0.5) is 0 Å². The third-order valence-corrected chi connectivity index (χ3v) is 3.06. The van der Waals surface area contributed by atoms with E-state index in [0.717, 1.165) is 0 Å². The van der Waals surface area contributed by atoms with Crippen molar-refractivity contribution in [3.05, 3.63) is 9.78 Å². The number of allylic oxidation sites excluding steroid dienone is 1. The molecule has 0 aromatic rings. The molecule has 0 radical (unpaired) electrons. The van der Waals surface area contributed by atoms with Gasteiger partial charge in [0.25, 0.3) is 0 Å². The van der Waals surface area contributed by atoms with Crippen LogP contribution in [0.25, 0.3) is 0 Å². The molecular formula is C5H7IN-. The molecule has 1 aliphatic rings. The standard InChI is InChI=1S/C5H7IN/c1-4-3-6-5(2)7-4/h3H,1-2H3/q-1. The maximum atomic E-state index is 4.22. The first-order valence-corrected chi connectivity index (χ1v) is 4.47. The minimum absolute atomic E-state index is 0.227. The molecule has 1 nitrogen and oxygen atoms in total. The van der Waals surface area contributed by atoms with Crippen LogP contribution >= 0.6 is 0 Å². The normalized spacial score (nSPS) is 20.3. The van der Waals surface area contributed by atoms with Crippen molar-refractivity contribution in [2.24, 2.45) is 4.99 Å². The van der Waals surface area contributed by atoms with E-state index in [4.69, 9.17) is 0 Å². The van der Waals surface area contributed by atoms with E-state index in [9.17, 15) is 0 Å². The second-order valence-electron chi connectivity index (χ2n) is 1.47. The van der Waals surface area contributed by atoms with E-state index in [-0.39, 0.29) is 21.2 Å². The van der Waals surface area contributed by atoms with Gasteiger partial charge in [-0.05, 0) is 0 Å². The third-order valence-electron chi connectivity index (χ3n) is 0.701. The molecule has 0 spiro atoms. The predicted molar refractivity (Wildman–Crippen MR) is 26.9 cm³/mol. The van der Waals surface area contributed by atoms with Crippen LogP contribution in [0.1, 0.15) is 13.8 Å². The van der Waals surface area contributed by atoms with Crippen LogP contribution in [0.5, 0.6) is 0 Å². The molecule has 0 aliphatic carbocycles. The fraction of sp³-hybridized carbons (Fsp3) is 0.400. The second-order valence-corrected chi connectivity index (χ2v) is 4.28. The molecule has 0 saturated heterocycles. The second kappa shape index (κ2) is 1.94. The van der Waals surface area contributed by atoms with Gasteiger partial charge in [0, 0.05) is 0 Å². The summed E-state index contributed by atoms with van der Waals surface area (Å²) in [5, 5.41) is 0. The molecule has 0 saturated carbocycles. The summed E-state index contributed by atoms with van der Waals surface area (Å²) in [6.07, 6.45) is 0. The van der Waals surface area contributed by atoms with Gasteiger partial charge in [-0.2, -0.15) is 0 Å². The molecular weight excluding hydrogens is 201 g/mol. The van der Waals surface area contributed by atoms with Crippen molar-refractivity contribution in [3.8, 4) is 0 Å². The van der Waals surface area contributed by atoms with Crippen molar-refractivity contribution in [2.45, 2.75) is 13.8 Å². The van der Waals surface area contributed by atoms with Crippen LogP contribution in [0.3, 0.4) is 0 Å². The fourth-order valence-corrected chi connectivity index (χ4v) is 2.01. The van der Waals surface area contributed by atoms with Crippen LogP contribution in [-0.4, -0.2) is 3.72 Å². The Morgan fingerprint density at radius 3 is 2.43 bits per heavy atom. The topological polar surface area (TPSA) is 12.4 Å². The van der Waals surface area contributed by atoms with Crippen LogP contribution < -0.4 is 21.2 Å². The summed E-state index contributed by atoms with van der Waals surface area (Å²) < 4.78 is 3.59. The third kappa shape index (κ3) is 1.26. The van der Waals surface area contributed by atoms with Gasteiger partial charge in [0.1, 0.15) is 0 Å². The number of rotatable bonds is 0. The van der Waals surface area contributed by atoms with Crippen LogP contribution in [0.2, 0.25) is 0 Å². The van der Waals surface area contributed by atoms with Crippen LogP contribution in [-0.2, 0) is 0 Å². The Balaban J connectivity index is 2.69. The Labute approximate surface area is 53.8 Å². The molecule has 0 unspecified atom stereocenters. The summed E-state index contributed by atoms with van der Waals surface area (Å²) in [5.41, 5.74) is 1.21. The quantitative estimate of drug-likeness (QED) is 0.424. The average Bonchev–Trinajstić information content (AvgIpc) is 1.87. The molecule has 40 valence electrons. The molecule has 0 N–H and O–H groups in total. The fourth-order valence-electron chi connectivity index (χ4n) is 0.450. The van der Waals surface area contributed by atoms with Crippen molar-refractivity contribution >= 4 is 3.72 Å². The van der Waals surface area contributed by atoms with Gasteiger partial charge in [-0.3, -0.25) is 0 Å². The zero-order chi connectivity index (χ0) is 5.28. The van der Waals surface area contributed by atoms with Gasteiger partial charge in [0.2, 0.25) is 0 Å². The van der Waals surface area contributed by atoms with E-state index >= 15 is 0 Å². The van der Waals surface area contributed by atoms with Gasteiger partial charge in [0.05, 0.1) is 0 Å². The van der Waals surface area contributed by atoms with Gasteiger partial charge in [0.15, 0.2) is 0 Å². The molecule has 0 aromatic carbocycles. The Bertz CT molecular complexity index is 135. The van der Waals surface area contributed by atoms with Crippen molar-refractivity contribution in [2.75, 3.05) is 0 Å². The molecule has 1 rings (SSSR count). The maximum absolute atomic E-state index is 4.22. The van der Waals surface area contributed by atoms with Gasteiger partial charge >= 0.3 is 53.5 Å². The summed E-state index contributed by atoms with van der Waals surface area (Å²) in [6.45, 7) is 4.15. The van der Waals surface area contributed by atoms with E-state index in [1.54, 1.807) is 0 Å². The molecule has 2 heteroatoms. The van der Waals surface area contributed by atoms with Gasteiger partial charge in [-0.15, -0.1) is 0 Å². The van der Waals surface area contributed by atoms with Gasteiger partial charge in [-0.1, -0.05) is 0 Å². The minimum atomic E-state index is 0.227. The number of hydrogen-bond donors (Lipinski definition) is 0. The van der Waals surface area contributed by atoms with Crippen LogP contribution in [0, 0.1) is 0 Å². The Morgan fingerprint density at radius 1 is 1.57 bits per heavy atom. The Morgan fingerprint density at radius 2 is 2.29 bits per heavy atom. The van der Waals surface area contributed by atoms with Gasteiger partial charge < -0.3 is 0 Å². The average molecular weight is 208 g/mol. The van der Waals surface area contributed by atoms with E-state index in [1.165, 1.54) is 9.42 Å². The first-order chi connectivity index (χ1) is 3.29. The summed E-state index contributed by atoms with van der Waals surface area (Å²) in [7, 11) is 0. The molecule has 0 atom stereocenters. The summed E-state index contributed by atoms with van der Waals surface area (Å²) >= 11 is 0.227. The Hall–Kier alpha value is 0.140. The number of halogens is 1. The van der Waals surface area contributed by atoms with E-state index in [1.807, 2.05) is 0 Å². The molecule has 7 heavy (non-hydrogen) atoms. The van der Waals surface area contributed by atoms with Crippen molar-refractivity contribution in [3.63, 3.8) is 0 Å². The number of hydrogen-bond acceptors (Lipinski definition) is 1. The van der Waals surface area contributed by atoms with Crippen LogP contribution in [0.15, 0.2) is 14.8 Å². The SMILES string of the molecule is CC1=C[I-]C(C)=N1. The van der Waals surface area contributed by atoms with Gasteiger partial charge in [-0.25, -0.2) is 0 Å². The first-order valence-electron chi connectivity index (χ1n) is 2.14. The monoisotopic (exact) mass is 208 g/mol. The zero-order valence-electron chi connectivity index (χ0n) is 4.40. The van der Waals surface area contributed by atoms with Crippen molar-refractivity contribution < 1.29 is 21.2 Å². The molecule has 0 fully saturated rings. The zero-order valence-corrected chi connectivity index (χ0v) is 6.56. The summed E-state index contributed by atoms with van der Waals surface area (Å²) in [6, 6.07) is 0. The molecule has 1 aliphatic heterocycles. The van der Waals surface area contributed by atoms with E-state index in [2.05, 4.69) is 22.9 Å². The Kier molecular flexibility index (Phi) is 1.46. The molecule has 0 bridgehead atoms. The molecule has 1 heterocycles. The summed E-state index contributed by atoms with van der Waals surface area (Å²) in [5.74, 6) is 0. The van der Waals surface area contributed by atoms with Crippen molar-refractivity contribution in [1.29, 1.82) is 0 Å².